The molecule has 0 amide bonds. The molecule has 372 valence electrons. The van der Waals surface area contributed by atoms with Crippen LogP contribution in [0.2, 0.25) is 0 Å². The third kappa shape index (κ3) is 49.3. The summed E-state index contributed by atoms with van der Waals surface area (Å²) in [5.74, 6) is -0.398. The van der Waals surface area contributed by atoms with Crippen LogP contribution in [0.15, 0.2) is 72.9 Å². The Balaban J connectivity index is 4.12. The van der Waals surface area contributed by atoms with E-state index in [1.807, 2.05) is 0 Å². The summed E-state index contributed by atoms with van der Waals surface area (Å²) in [6.07, 6.45) is 61.5. The SMILES string of the molecule is CCCCC/C=C\C/C=C\C/C=C\CCCCCCCCC(=O)OC(COCCCCCCCCCCC/C=C\C/C=C\C/C=C\CCCCCCC)COP(=O)(O)OCC(O)CO. The van der Waals surface area contributed by atoms with E-state index in [-0.39, 0.29) is 19.6 Å². The minimum absolute atomic E-state index is 0.0368. The number of unbranched alkanes of at least 4 members (excludes halogenated alkanes) is 23. The van der Waals surface area contributed by atoms with Gasteiger partial charge in [0, 0.05) is 13.0 Å². The molecule has 0 radical (unpaired) electrons. The highest BCUT2D eigenvalue weighted by Gasteiger charge is 2.26. The molecule has 9 nitrogen and oxygen atoms in total. The maximum atomic E-state index is 12.7. The first kappa shape index (κ1) is 61.9. The second-order valence-electron chi connectivity index (χ2n) is 17.2. The lowest BCUT2D eigenvalue weighted by atomic mass is 10.1. The Kier molecular flexibility index (Phi) is 48.7. The van der Waals surface area contributed by atoms with Crippen LogP contribution < -0.4 is 0 Å². The summed E-state index contributed by atoms with van der Waals surface area (Å²) in [5, 5.41) is 18.4. The van der Waals surface area contributed by atoms with Gasteiger partial charge < -0.3 is 24.6 Å². The number of carbonyl (C=O) groups excluding carboxylic acids is 1. The summed E-state index contributed by atoms with van der Waals surface area (Å²) in [6.45, 7) is 3.46. The standard InChI is InChI=1S/C54H97O9P/c1-3-5-7-9-11-13-15-17-19-21-23-24-25-26-27-29-31-33-35-37-39-41-43-45-47-60-50-53(51-62-64(58,59)61-49-52(56)48-55)63-54(57)46-44-42-40-38-36-34-32-30-28-22-20-18-16-14-12-10-8-6-4-2/h12,14-15,17-18,20-21,23,25-26,28,30,52-53,55-56H,3-11,13,16,19,22,24,27,29,31-51H2,1-2H3,(H,58,59)/b14-12-,17-15-,20-18-,23-21-,26-25-,30-28-. The van der Waals surface area contributed by atoms with Crippen LogP contribution in [0.25, 0.3) is 0 Å². The molecule has 0 aromatic heterocycles. The number of hydrogen-bond acceptors (Lipinski definition) is 8. The monoisotopic (exact) mass is 921 g/mol. The van der Waals surface area contributed by atoms with E-state index in [1.54, 1.807) is 0 Å². The lowest BCUT2D eigenvalue weighted by molar-refractivity contribution is -0.154. The van der Waals surface area contributed by atoms with Crippen LogP contribution >= 0.6 is 7.82 Å². The average molecular weight is 921 g/mol. The van der Waals surface area contributed by atoms with E-state index in [1.165, 1.54) is 103 Å². The molecule has 0 saturated heterocycles. The number of aliphatic hydroxyl groups excluding tert-OH is 2. The van der Waals surface area contributed by atoms with Crippen LogP contribution in [-0.4, -0.2) is 66.3 Å². The number of phosphoric ester groups is 1. The maximum Gasteiger partial charge on any atom is 0.472 e. The van der Waals surface area contributed by atoms with Gasteiger partial charge in [0.1, 0.15) is 12.2 Å². The molecule has 64 heavy (non-hydrogen) atoms. The summed E-state index contributed by atoms with van der Waals surface area (Å²) in [7, 11) is -4.53. The van der Waals surface area contributed by atoms with E-state index < -0.39 is 39.2 Å². The van der Waals surface area contributed by atoms with Crippen molar-refractivity contribution >= 4 is 13.8 Å². The molecule has 0 rings (SSSR count). The van der Waals surface area contributed by atoms with Gasteiger partial charge in [-0.05, 0) is 89.9 Å². The molecule has 0 fully saturated rings. The number of rotatable bonds is 49. The topological polar surface area (TPSA) is 132 Å². The van der Waals surface area contributed by atoms with Crippen LogP contribution in [0.3, 0.4) is 0 Å². The molecule has 0 aliphatic rings. The summed E-state index contributed by atoms with van der Waals surface area (Å²) in [4.78, 5) is 22.7. The van der Waals surface area contributed by atoms with Crippen molar-refractivity contribution < 1.29 is 43.0 Å². The summed E-state index contributed by atoms with van der Waals surface area (Å²) in [6, 6.07) is 0. The molecule has 0 aromatic rings. The number of ether oxygens (including phenoxy) is 2. The van der Waals surface area contributed by atoms with Crippen molar-refractivity contribution in [3.8, 4) is 0 Å². The van der Waals surface area contributed by atoms with Gasteiger partial charge in [-0.3, -0.25) is 13.8 Å². The Labute approximate surface area is 392 Å². The second kappa shape index (κ2) is 50.3. The van der Waals surface area contributed by atoms with Gasteiger partial charge >= 0.3 is 13.8 Å². The van der Waals surface area contributed by atoms with E-state index in [0.717, 1.165) is 89.9 Å². The maximum absolute atomic E-state index is 12.7. The van der Waals surface area contributed by atoms with Crippen molar-refractivity contribution in [2.24, 2.45) is 0 Å². The van der Waals surface area contributed by atoms with Crippen LogP contribution in [0.1, 0.15) is 219 Å². The third-order valence-electron chi connectivity index (χ3n) is 10.9. The smallest absolute Gasteiger partial charge is 0.457 e. The zero-order valence-electron chi connectivity index (χ0n) is 41.0. The van der Waals surface area contributed by atoms with Crippen molar-refractivity contribution in [2.45, 2.75) is 232 Å². The van der Waals surface area contributed by atoms with Crippen molar-refractivity contribution in [2.75, 3.05) is 33.0 Å². The predicted molar refractivity (Wildman–Crippen MR) is 269 cm³/mol. The molecule has 0 saturated carbocycles. The van der Waals surface area contributed by atoms with Crippen molar-refractivity contribution in [3.05, 3.63) is 72.9 Å². The number of esters is 1. The normalized spacial score (nSPS) is 14.4. The van der Waals surface area contributed by atoms with Gasteiger partial charge in [-0.25, -0.2) is 4.57 Å². The zero-order chi connectivity index (χ0) is 46.7. The van der Waals surface area contributed by atoms with E-state index in [2.05, 4.69) is 86.8 Å². The van der Waals surface area contributed by atoms with Gasteiger partial charge in [-0.15, -0.1) is 0 Å². The van der Waals surface area contributed by atoms with Gasteiger partial charge in [-0.2, -0.15) is 0 Å². The van der Waals surface area contributed by atoms with Gasteiger partial charge in [0.25, 0.3) is 0 Å². The van der Waals surface area contributed by atoms with Crippen LogP contribution in [-0.2, 0) is 27.9 Å². The lowest BCUT2D eigenvalue weighted by Gasteiger charge is -2.20. The molecule has 0 spiro atoms. The Morgan fingerprint density at radius 3 is 1.30 bits per heavy atom. The zero-order valence-corrected chi connectivity index (χ0v) is 41.9. The first-order chi connectivity index (χ1) is 31.3. The lowest BCUT2D eigenvalue weighted by Crippen LogP contribution is -2.29. The molecular weight excluding hydrogens is 824 g/mol. The van der Waals surface area contributed by atoms with E-state index in [4.69, 9.17) is 23.6 Å². The average Bonchev–Trinajstić information content (AvgIpc) is 3.29. The fraction of sp³-hybridized carbons (Fsp3) is 0.759. The van der Waals surface area contributed by atoms with E-state index >= 15 is 0 Å². The van der Waals surface area contributed by atoms with Crippen molar-refractivity contribution in [3.63, 3.8) is 0 Å². The van der Waals surface area contributed by atoms with E-state index in [0.29, 0.717) is 13.0 Å². The summed E-state index contributed by atoms with van der Waals surface area (Å²) in [5.41, 5.74) is 0. The number of hydrogen-bond donors (Lipinski definition) is 3. The van der Waals surface area contributed by atoms with Crippen LogP contribution in [0, 0.1) is 0 Å². The third-order valence-corrected chi connectivity index (χ3v) is 11.8. The Hall–Kier alpha value is -2.10. The van der Waals surface area contributed by atoms with Crippen molar-refractivity contribution in [1.82, 2.24) is 0 Å². The molecule has 0 aliphatic heterocycles. The number of phosphoric acid groups is 1. The summed E-state index contributed by atoms with van der Waals surface area (Å²) >= 11 is 0. The highest BCUT2D eigenvalue weighted by atomic mass is 31.2. The molecule has 10 heteroatoms. The minimum Gasteiger partial charge on any atom is -0.457 e. The van der Waals surface area contributed by atoms with E-state index in [9.17, 15) is 19.4 Å². The van der Waals surface area contributed by atoms with Crippen molar-refractivity contribution in [1.29, 1.82) is 0 Å². The van der Waals surface area contributed by atoms with Gasteiger partial charge in [-0.1, -0.05) is 196 Å². The van der Waals surface area contributed by atoms with Gasteiger partial charge in [0.2, 0.25) is 0 Å². The van der Waals surface area contributed by atoms with Crippen LogP contribution in [0.5, 0.6) is 0 Å². The fourth-order valence-corrected chi connectivity index (χ4v) is 7.69. The quantitative estimate of drug-likeness (QED) is 0.0236. The molecule has 0 heterocycles. The molecule has 0 aliphatic carbocycles. The van der Waals surface area contributed by atoms with Gasteiger partial charge in [0.15, 0.2) is 0 Å². The molecule has 0 aromatic carbocycles. The molecule has 3 unspecified atom stereocenters. The summed E-state index contributed by atoms with van der Waals surface area (Å²) < 4.78 is 33.5. The number of carbonyl (C=O) groups is 1. The van der Waals surface area contributed by atoms with Gasteiger partial charge in [0.05, 0.1) is 26.4 Å². The molecule has 3 N–H and O–H groups in total. The Morgan fingerprint density at radius 1 is 0.484 bits per heavy atom. The fourth-order valence-electron chi connectivity index (χ4n) is 6.90. The number of aliphatic hydroxyl groups is 2. The second-order valence-corrected chi connectivity index (χ2v) is 18.6. The highest BCUT2D eigenvalue weighted by molar-refractivity contribution is 7.47. The first-order valence-corrected chi connectivity index (χ1v) is 27.4. The predicted octanol–water partition coefficient (Wildman–Crippen LogP) is 15.3. The molecule has 0 bridgehead atoms. The first-order valence-electron chi connectivity index (χ1n) is 25.9. The number of allylic oxidation sites excluding steroid dienone is 12. The Bertz CT molecular complexity index is 1230. The molecular formula is C54H97O9P. The van der Waals surface area contributed by atoms with Crippen LogP contribution in [0.4, 0.5) is 0 Å². The largest absolute Gasteiger partial charge is 0.472 e. The Morgan fingerprint density at radius 2 is 0.844 bits per heavy atom. The molecule has 3 atom stereocenters. The highest BCUT2D eigenvalue weighted by Crippen LogP contribution is 2.43. The minimum atomic E-state index is -4.53.